The Hall–Kier alpha value is -2.10. The zero-order valence-corrected chi connectivity index (χ0v) is 9.72. The summed E-state index contributed by atoms with van der Waals surface area (Å²) >= 11 is 0. The number of aromatic hydroxyl groups is 1. The predicted octanol–water partition coefficient (Wildman–Crippen LogP) is 0.241. The summed E-state index contributed by atoms with van der Waals surface area (Å²) in [6.45, 7) is 2.37. The van der Waals surface area contributed by atoms with Gasteiger partial charge in [0.1, 0.15) is 11.8 Å². The van der Waals surface area contributed by atoms with Gasteiger partial charge in [0.25, 0.3) is 5.91 Å². The number of hydrazine groups is 1. The van der Waals surface area contributed by atoms with Crippen LogP contribution in [0.15, 0.2) is 18.2 Å². The monoisotopic (exact) mass is 247 g/mol. The fourth-order valence-electron chi connectivity index (χ4n) is 1.70. The molecule has 18 heavy (non-hydrogen) atoms. The lowest BCUT2D eigenvalue weighted by Crippen LogP contribution is -2.48. The highest BCUT2D eigenvalue weighted by molar-refractivity contribution is 5.96. The molecule has 1 aliphatic heterocycles. The van der Waals surface area contributed by atoms with Crippen LogP contribution in [0.1, 0.15) is 15.9 Å². The summed E-state index contributed by atoms with van der Waals surface area (Å²) < 4.78 is 5.17. The van der Waals surface area contributed by atoms with Gasteiger partial charge in [-0.25, -0.2) is 5.01 Å². The molecule has 1 saturated heterocycles. The number of ether oxygens (including phenoxy) is 1. The maximum absolute atomic E-state index is 12.0. The molecule has 1 fully saturated rings. The number of nitrogens with one attached hydrogen (secondary N) is 1. The fraction of sp³-hybridized carbons (Fsp3) is 0.333. The molecule has 0 spiro atoms. The highest BCUT2D eigenvalue weighted by Gasteiger charge is 2.17. The van der Waals surface area contributed by atoms with E-state index in [0.29, 0.717) is 26.3 Å². The van der Waals surface area contributed by atoms with Gasteiger partial charge in [-0.05, 0) is 18.2 Å². The maximum atomic E-state index is 12.0. The van der Waals surface area contributed by atoms with E-state index < -0.39 is 0 Å². The normalized spacial score (nSPS) is 15.9. The number of hydrogen-bond acceptors (Lipinski definition) is 5. The number of rotatable bonds is 2. The van der Waals surface area contributed by atoms with Gasteiger partial charge in [0, 0.05) is 13.1 Å². The van der Waals surface area contributed by atoms with Crippen molar-refractivity contribution < 1.29 is 14.6 Å². The van der Waals surface area contributed by atoms with Gasteiger partial charge in [0.15, 0.2) is 0 Å². The zero-order valence-electron chi connectivity index (χ0n) is 9.72. The molecule has 0 saturated carbocycles. The van der Waals surface area contributed by atoms with Crippen LogP contribution in [-0.2, 0) is 4.74 Å². The van der Waals surface area contributed by atoms with Crippen molar-refractivity contribution in [2.24, 2.45) is 0 Å². The zero-order chi connectivity index (χ0) is 13.0. The molecule has 94 valence electrons. The largest absolute Gasteiger partial charge is 0.508 e. The molecule has 0 radical (unpaired) electrons. The molecule has 0 atom stereocenters. The van der Waals surface area contributed by atoms with E-state index in [1.54, 1.807) is 5.01 Å². The topological polar surface area (TPSA) is 85.6 Å². The highest BCUT2D eigenvalue weighted by atomic mass is 16.5. The van der Waals surface area contributed by atoms with Gasteiger partial charge in [-0.3, -0.25) is 10.2 Å². The van der Waals surface area contributed by atoms with Crippen LogP contribution in [-0.4, -0.2) is 42.3 Å². The quantitative estimate of drug-likeness (QED) is 0.782. The molecule has 0 unspecified atom stereocenters. The number of morpholine rings is 1. The van der Waals surface area contributed by atoms with Crippen LogP contribution < -0.4 is 5.43 Å². The van der Waals surface area contributed by atoms with Crippen molar-refractivity contribution in [3.05, 3.63) is 29.3 Å². The average molecular weight is 247 g/mol. The Balaban J connectivity index is 2.11. The molecule has 2 rings (SSSR count). The van der Waals surface area contributed by atoms with Gasteiger partial charge in [-0.1, -0.05) is 0 Å². The van der Waals surface area contributed by atoms with Gasteiger partial charge in [0.2, 0.25) is 0 Å². The second-order valence-electron chi connectivity index (χ2n) is 3.88. The summed E-state index contributed by atoms with van der Waals surface area (Å²) in [7, 11) is 0. The van der Waals surface area contributed by atoms with Crippen LogP contribution in [0.3, 0.4) is 0 Å². The Labute approximate surface area is 104 Å². The van der Waals surface area contributed by atoms with E-state index in [-0.39, 0.29) is 22.8 Å². The molecule has 1 aromatic carbocycles. The van der Waals surface area contributed by atoms with Crippen molar-refractivity contribution in [1.29, 1.82) is 5.26 Å². The molecule has 1 amide bonds. The van der Waals surface area contributed by atoms with E-state index in [0.717, 1.165) is 0 Å². The first-order valence-corrected chi connectivity index (χ1v) is 5.57. The lowest BCUT2D eigenvalue weighted by molar-refractivity contribution is 0.0126. The lowest BCUT2D eigenvalue weighted by atomic mass is 10.1. The third-order valence-electron chi connectivity index (χ3n) is 2.64. The van der Waals surface area contributed by atoms with Gasteiger partial charge >= 0.3 is 0 Å². The number of phenols is 1. The minimum absolute atomic E-state index is 0.0329. The van der Waals surface area contributed by atoms with Gasteiger partial charge in [0.05, 0.1) is 24.3 Å². The number of carbonyl (C=O) groups excluding carboxylic acids is 1. The predicted molar refractivity (Wildman–Crippen MR) is 62.7 cm³/mol. The molecule has 1 heterocycles. The van der Waals surface area contributed by atoms with Gasteiger partial charge < -0.3 is 9.84 Å². The van der Waals surface area contributed by atoms with E-state index in [9.17, 15) is 9.90 Å². The van der Waals surface area contributed by atoms with Crippen LogP contribution >= 0.6 is 0 Å². The summed E-state index contributed by atoms with van der Waals surface area (Å²) in [6.07, 6.45) is 0. The van der Waals surface area contributed by atoms with Crippen LogP contribution in [0, 0.1) is 11.3 Å². The van der Waals surface area contributed by atoms with Crippen LogP contribution in [0.4, 0.5) is 0 Å². The number of benzene rings is 1. The standard InChI is InChI=1S/C12H13N3O3/c13-8-9-7-10(16)1-2-11(9)12(17)14-15-3-5-18-6-4-15/h1-2,7,16H,3-6H2,(H,14,17). The van der Waals surface area contributed by atoms with Gasteiger partial charge in [-0.15, -0.1) is 0 Å². The molecule has 2 N–H and O–H groups in total. The van der Waals surface area contributed by atoms with E-state index in [1.165, 1.54) is 18.2 Å². The first-order valence-electron chi connectivity index (χ1n) is 5.57. The SMILES string of the molecule is N#Cc1cc(O)ccc1C(=O)NN1CCOCC1. The molecule has 6 heteroatoms. The summed E-state index contributed by atoms with van der Waals surface area (Å²) in [5.74, 6) is -0.386. The number of amides is 1. The highest BCUT2D eigenvalue weighted by Crippen LogP contribution is 2.15. The minimum Gasteiger partial charge on any atom is -0.508 e. The third-order valence-corrected chi connectivity index (χ3v) is 2.64. The Morgan fingerprint density at radius 2 is 2.17 bits per heavy atom. The van der Waals surface area contributed by atoms with E-state index >= 15 is 0 Å². The Morgan fingerprint density at radius 3 is 2.83 bits per heavy atom. The maximum Gasteiger partial charge on any atom is 0.266 e. The smallest absolute Gasteiger partial charge is 0.266 e. The molecule has 0 bridgehead atoms. The third kappa shape index (κ3) is 2.77. The Kier molecular flexibility index (Phi) is 3.77. The first kappa shape index (κ1) is 12.4. The average Bonchev–Trinajstić information content (AvgIpc) is 2.39. The Morgan fingerprint density at radius 1 is 1.44 bits per heavy atom. The summed E-state index contributed by atoms with van der Waals surface area (Å²) in [5, 5.41) is 19.9. The van der Waals surface area contributed by atoms with Crippen molar-refractivity contribution in [3.63, 3.8) is 0 Å². The number of phenolic OH excluding ortho intramolecular Hbond substituents is 1. The van der Waals surface area contributed by atoms with Crippen molar-refractivity contribution in [2.75, 3.05) is 26.3 Å². The molecule has 1 aromatic rings. The summed E-state index contributed by atoms with van der Waals surface area (Å²) in [4.78, 5) is 12.0. The van der Waals surface area contributed by atoms with Crippen LogP contribution in [0.2, 0.25) is 0 Å². The Bertz CT molecular complexity index is 490. The molecule has 0 aliphatic carbocycles. The molecular weight excluding hydrogens is 234 g/mol. The van der Waals surface area contributed by atoms with Crippen molar-refractivity contribution in [2.45, 2.75) is 0 Å². The number of nitriles is 1. The van der Waals surface area contributed by atoms with E-state index in [4.69, 9.17) is 10.00 Å². The molecule has 6 nitrogen and oxygen atoms in total. The van der Waals surface area contributed by atoms with E-state index in [2.05, 4.69) is 5.43 Å². The van der Waals surface area contributed by atoms with Crippen molar-refractivity contribution in [3.8, 4) is 11.8 Å². The fourth-order valence-corrected chi connectivity index (χ4v) is 1.70. The molecule has 1 aliphatic rings. The second kappa shape index (κ2) is 5.49. The van der Waals surface area contributed by atoms with Crippen LogP contribution in [0.5, 0.6) is 5.75 Å². The van der Waals surface area contributed by atoms with Gasteiger partial charge in [-0.2, -0.15) is 5.26 Å². The number of carbonyl (C=O) groups is 1. The first-order chi connectivity index (χ1) is 8.70. The second-order valence-corrected chi connectivity index (χ2v) is 3.88. The van der Waals surface area contributed by atoms with Crippen LogP contribution in [0.25, 0.3) is 0 Å². The van der Waals surface area contributed by atoms with Crippen molar-refractivity contribution >= 4 is 5.91 Å². The van der Waals surface area contributed by atoms with E-state index in [1.807, 2.05) is 6.07 Å². The summed E-state index contributed by atoms with van der Waals surface area (Å²) in [5.41, 5.74) is 3.12. The van der Waals surface area contributed by atoms with Crippen molar-refractivity contribution in [1.82, 2.24) is 10.4 Å². The minimum atomic E-state index is -0.353. The lowest BCUT2D eigenvalue weighted by Gasteiger charge is -2.27. The molecular formula is C12H13N3O3. The summed E-state index contributed by atoms with van der Waals surface area (Å²) in [6, 6.07) is 5.98. The number of nitrogens with zero attached hydrogens (tertiary/aromatic N) is 2. The number of hydrogen-bond donors (Lipinski definition) is 2. The molecule has 0 aromatic heterocycles.